The van der Waals surface area contributed by atoms with Gasteiger partial charge >= 0.3 is 0 Å². The Morgan fingerprint density at radius 3 is 2.22 bits per heavy atom. The van der Waals surface area contributed by atoms with Crippen LogP contribution < -0.4 is 9.62 Å². The summed E-state index contributed by atoms with van der Waals surface area (Å²) in [4.78, 5) is 12.3. The molecule has 1 N–H and O–H groups in total. The molecule has 0 aliphatic heterocycles. The Bertz CT molecular complexity index is 936. The lowest BCUT2D eigenvalue weighted by atomic mass is 10.1. The van der Waals surface area contributed by atoms with Crippen LogP contribution in [-0.4, -0.2) is 27.1 Å². The lowest BCUT2D eigenvalue weighted by Crippen LogP contribution is -2.32. The first kappa shape index (κ1) is 21.0. The summed E-state index contributed by atoms with van der Waals surface area (Å²) < 4.78 is 25.9. The van der Waals surface area contributed by atoms with Gasteiger partial charge in [-0.25, -0.2) is 8.42 Å². The number of rotatable bonds is 7. The van der Waals surface area contributed by atoms with E-state index in [0.29, 0.717) is 12.1 Å². The second kappa shape index (κ2) is 8.57. The molecule has 27 heavy (non-hydrogen) atoms. The first-order chi connectivity index (χ1) is 12.6. The minimum Gasteiger partial charge on any atom is -0.326 e. The maximum Gasteiger partial charge on any atom is 0.232 e. The van der Waals surface area contributed by atoms with E-state index in [4.69, 9.17) is 0 Å². The standard InChI is InChI=1S/C21H28N2O3S/c1-15-9-11-19(18(4)13-15)22-21(24)7-6-12-23(27(5,25)26)20-14-16(2)8-10-17(20)3/h8-11,13-14H,6-7,12H2,1-5H3,(H,22,24). The van der Waals surface area contributed by atoms with Gasteiger partial charge < -0.3 is 5.32 Å². The molecule has 0 unspecified atom stereocenters. The molecule has 0 spiro atoms. The van der Waals surface area contributed by atoms with E-state index in [1.807, 2.05) is 64.1 Å². The topological polar surface area (TPSA) is 66.5 Å². The molecule has 2 aromatic carbocycles. The highest BCUT2D eigenvalue weighted by molar-refractivity contribution is 7.92. The molecule has 0 saturated carbocycles. The molecule has 0 aliphatic rings. The molecule has 6 heteroatoms. The number of carbonyl (C=O) groups is 1. The van der Waals surface area contributed by atoms with Gasteiger partial charge in [0.2, 0.25) is 15.9 Å². The smallest absolute Gasteiger partial charge is 0.232 e. The van der Waals surface area contributed by atoms with Crippen LogP contribution in [0, 0.1) is 27.7 Å². The lowest BCUT2D eigenvalue weighted by molar-refractivity contribution is -0.116. The zero-order valence-electron chi connectivity index (χ0n) is 16.7. The van der Waals surface area contributed by atoms with E-state index >= 15 is 0 Å². The van der Waals surface area contributed by atoms with E-state index in [2.05, 4.69) is 5.32 Å². The number of amides is 1. The van der Waals surface area contributed by atoms with Crippen LogP contribution in [0.25, 0.3) is 0 Å². The second-order valence-electron chi connectivity index (χ2n) is 7.10. The molecule has 2 aromatic rings. The van der Waals surface area contributed by atoms with Gasteiger partial charge in [0, 0.05) is 18.7 Å². The third kappa shape index (κ3) is 5.82. The normalized spacial score (nSPS) is 11.3. The number of hydrogen-bond donors (Lipinski definition) is 1. The average Bonchev–Trinajstić information content (AvgIpc) is 2.56. The van der Waals surface area contributed by atoms with E-state index in [1.54, 1.807) is 0 Å². The summed E-state index contributed by atoms with van der Waals surface area (Å²) >= 11 is 0. The Morgan fingerprint density at radius 1 is 0.963 bits per heavy atom. The van der Waals surface area contributed by atoms with Crippen LogP contribution in [0.4, 0.5) is 11.4 Å². The van der Waals surface area contributed by atoms with Crippen molar-refractivity contribution >= 4 is 27.3 Å². The summed E-state index contributed by atoms with van der Waals surface area (Å²) in [5.41, 5.74) is 5.51. The van der Waals surface area contributed by atoms with Crippen LogP contribution in [0.15, 0.2) is 36.4 Å². The maximum absolute atomic E-state index is 12.3. The summed E-state index contributed by atoms with van der Waals surface area (Å²) in [6.45, 7) is 8.05. The van der Waals surface area contributed by atoms with Crippen molar-refractivity contribution in [2.24, 2.45) is 0 Å². The number of nitrogens with one attached hydrogen (secondary N) is 1. The monoisotopic (exact) mass is 388 g/mol. The van der Waals surface area contributed by atoms with Crippen LogP contribution in [0.3, 0.4) is 0 Å². The fourth-order valence-corrected chi connectivity index (χ4v) is 4.02. The summed E-state index contributed by atoms with van der Waals surface area (Å²) in [5.74, 6) is -0.114. The second-order valence-corrected chi connectivity index (χ2v) is 9.00. The van der Waals surface area contributed by atoms with E-state index < -0.39 is 10.0 Å². The maximum atomic E-state index is 12.3. The average molecular weight is 389 g/mol. The summed E-state index contributed by atoms with van der Waals surface area (Å²) in [7, 11) is -3.42. The number of sulfonamides is 1. The predicted molar refractivity (Wildman–Crippen MR) is 112 cm³/mol. The number of anilines is 2. The van der Waals surface area contributed by atoms with E-state index in [0.717, 1.165) is 27.9 Å². The molecule has 146 valence electrons. The number of nitrogens with zero attached hydrogens (tertiary/aromatic N) is 1. The van der Waals surface area contributed by atoms with Gasteiger partial charge in [0.1, 0.15) is 0 Å². The molecule has 5 nitrogen and oxygen atoms in total. The number of carbonyl (C=O) groups excluding carboxylic acids is 1. The fraction of sp³-hybridized carbons (Fsp3) is 0.381. The van der Waals surface area contributed by atoms with Crippen molar-refractivity contribution in [3.63, 3.8) is 0 Å². The van der Waals surface area contributed by atoms with Crippen molar-refractivity contribution in [3.05, 3.63) is 58.7 Å². The Labute approximate surface area is 162 Å². The van der Waals surface area contributed by atoms with Crippen molar-refractivity contribution < 1.29 is 13.2 Å². The third-order valence-corrected chi connectivity index (χ3v) is 5.63. The molecule has 0 atom stereocenters. The van der Waals surface area contributed by atoms with Gasteiger partial charge in [0.05, 0.1) is 11.9 Å². The summed E-state index contributed by atoms with van der Waals surface area (Å²) in [6, 6.07) is 11.6. The first-order valence-corrected chi connectivity index (χ1v) is 10.8. The van der Waals surface area contributed by atoms with Crippen molar-refractivity contribution in [2.75, 3.05) is 22.4 Å². The van der Waals surface area contributed by atoms with Crippen LogP contribution in [0.1, 0.15) is 35.1 Å². The number of aryl methyl sites for hydroxylation is 4. The Balaban J connectivity index is 2.03. The lowest BCUT2D eigenvalue weighted by Gasteiger charge is -2.24. The Morgan fingerprint density at radius 2 is 1.59 bits per heavy atom. The van der Waals surface area contributed by atoms with Crippen molar-refractivity contribution in [2.45, 2.75) is 40.5 Å². The summed E-state index contributed by atoms with van der Waals surface area (Å²) in [6.07, 6.45) is 1.89. The molecule has 1 amide bonds. The number of benzene rings is 2. The number of hydrogen-bond acceptors (Lipinski definition) is 3. The molecule has 0 bridgehead atoms. The van der Waals surface area contributed by atoms with Crippen LogP contribution in [0.2, 0.25) is 0 Å². The third-order valence-electron chi connectivity index (χ3n) is 4.45. The molecule has 0 heterocycles. The molecular formula is C21H28N2O3S. The van der Waals surface area contributed by atoms with Crippen molar-refractivity contribution in [3.8, 4) is 0 Å². The molecule has 2 rings (SSSR count). The summed E-state index contributed by atoms with van der Waals surface area (Å²) in [5, 5.41) is 2.90. The van der Waals surface area contributed by atoms with Gasteiger partial charge in [0.25, 0.3) is 0 Å². The van der Waals surface area contributed by atoms with Gasteiger partial charge in [-0.2, -0.15) is 0 Å². The van der Waals surface area contributed by atoms with Gasteiger partial charge in [-0.1, -0.05) is 29.8 Å². The zero-order chi connectivity index (χ0) is 20.2. The highest BCUT2D eigenvalue weighted by atomic mass is 32.2. The molecule has 0 aliphatic carbocycles. The van der Waals surface area contributed by atoms with Gasteiger partial charge in [0.15, 0.2) is 0 Å². The quantitative estimate of drug-likeness (QED) is 0.776. The largest absolute Gasteiger partial charge is 0.326 e. The minimum atomic E-state index is -3.42. The van der Waals surface area contributed by atoms with E-state index in [-0.39, 0.29) is 18.9 Å². The fourth-order valence-electron chi connectivity index (χ4n) is 3.00. The zero-order valence-corrected chi connectivity index (χ0v) is 17.5. The predicted octanol–water partition coefficient (Wildman–Crippen LogP) is 4.11. The Kier molecular flexibility index (Phi) is 6.65. The van der Waals surface area contributed by atoms with Crippen molar-refractivity contribution in [1.29, 1.82) is 0 Å². The van der Waals surface area contributed by atoms with Crippen LogP contribution in [0.5, 0.6) is 0 Å². The van der Waals surface area contributed by atoms with E-state index in [9.17, 15) is 13.2 Å². The first-order valence-electron chi connectivity index (χ1n) is 9.00. The van der Waals surface area contributed by atoms with Crippen molar-refractivity contribution in [1.82, 2.24) is 0 Å². The van der Waals surface area contributed by atoms with Gasteiger partial charge in [-0.3, -0.25) is 9.10 Å². The Hall–Kier alpha value is -2.34. The molecule has 0 saturated heterocycles. The molecule has 0 fully saturated rings. The van der Waals surface area contributed by atoms with Gasteiger partial charge in [-0.15, -0.1) is 0 Å². The van der Waals surface area contributed by atoms with E-state index in [1.165, 1.54) is 10.6 Å². The minimum absolute atomic E-state index is 0.114. The van der Waals surface area contributed by atoms with Crippen LogP contribution >= 0.6 is 0 Å². The highest BCUT2D eigenvalue weighted by Gasteiger charge is 2.19. The molecule has 0 radical (unpaired) electrons. The SMILES string of the molecule is Cc1ccc(NC(=O)CCCN(c2cc(C)ccc2C)S(C)(=O)=O)c(C)c1. The molecular weight excluding hydrogens is 360 g/mol. The highest BCUT2D eigenvalue weighted by Crippen LogP contribution is 2.24. The molecule has 0 aromatic heterocycles. The van der Waals surface area contributed by atoms with Gasteiger partial charge in [-0.05, 0) is 62.9 Å². The van der Waals surface area contributed by atoms with Crippen LogP contribution in [-0.2, 0) is 14.8 Å².